The van der Waals surface area contributed by atoms with E-state index in [0.717, 1.165) is 0 Å². The van der Waals surface area contributed by atoms with Crippen LogP contribution >= 0.6 is 12.4 Å². The highest BCUT2D eigenvalue weighted by atomic mass is 35.5. The lowest BCUT2D eigenvalue weighted by Crippen LogP contribution is -2.37. The second kappa shape index (κ2) is 5.62. The molecule has 16 heavy (non-hydrogen) atoms. The quantitative estimate of drug-likeness (QED) is 0.790. The lowest BCUT2D eigenvalue weighted by molar-refractivity contribution is 0.561. The molecule has 0 saturated carbocycles. The number of nitrogens with two attached hydrogens (primary N) is 1. The van der Waals surface area contributed by atoms with Gasteiger partial charge in [-0.1, -0.05) is 0 Å². The van der Waals surface area contributed by atoms with Gasteiger partial charge in [0.2, 0.25) is 10.0 Å². The minimum absolute atomic E-state index is 0. The molecule has 0 aliphatic rings. The highest BCUT2D eigenvalue weighted by Crippen LogP contribution is 2.12. The molecular formula is C8H17ClN4O2S. The van der Waals surface area contributed by atoms with Crippen molar-refractivity contribution in [1.82, 2.24) is 14.5 Å². The molecule has 0 saturated heterocycles. The highest BCUT2D eigenvalue weighted by molar-refractivity contribution is 7.89. The monoisotopic (exact) mass is 268 g/mol. The van der Waals surface area contributed by atoms with Crippen molar-refractivity contribution in [2.75, 3.05) is 6.54 Å². The van der Waals surface area contributed by atoms with Crippen LogP contribution in [0.1, 0.15) is 12.6 Å². The van der Waals surface area contributed by atoms with Crippen LogP contribution in [-0.4, -0.2) is 30.8 Å². The lowest BCUT2D eigenvalue weighted by atomic mass is 10.4. The molecule has 3 N–H and O–H groups in total. The fraction of sp³-hybridized carbons (Fsp3) is 0.625. The van der Waals surface area contributed by atoms with Gasteiger partial charge in [0.15, 0.2) is 0 Å². The van der Waals surface area contributed by atoms with E-state index in [-0.39, 0.29) is 29.9 Å². The smallest absolute Gasteiger partial charge is 0.244 e. The molecule has 1 aromatic heterocycles. The van der Waals surface area contributed by atoms with Gasteiger partial charge in [-0.2, -0.15) is 5.10 Å². The minimum Gasteiger partial charge on any atom is -0.329 e. The summed E-state index contributed by atoms with van der Waals surface area (Å²) in [5, 5.41) is 3.88. The molecule has 0 amide bonds. The van der Waals surface area contributed by atoms with E-state index in [2.05, 4.69) is 9.82 Å². The first kappa shape index (κ1) is 15.4. The summed E-state index contributed by atoms with van der Waals surface area (Å²) in [6.45, 7) is 3.68. The van der Waals surface area contributed by atoms with Crippen LogP contribution in [-0.2, 0) is 17.1 Å². The van der Waals surface area contributed by atoms with Crippen molar-refractivity contribution >= 4 is 22.4 Å². The molecule has 0 aliphatic carbocycles. The minimum atomic E-state index is -3.49. The first-order valence-electron chi connectivity index (χ1n) is 4.59. The molecule has 94 valence electrons. The van der Waals surface area contributed by atoms with E-state index >= 15 is 0 Å². The molecule has 8 heteroatoms. The number of hydrogen-bond acceptors (Lipinski definition) is 4. The van der Waals surface area contributed by atoms with Gasteiger partial charge in [-0.05, 0) is 13.8 Å². The Labute approximate surface area is 102 Å². The van der Waals surface area contributed by atoms with Crippen LogP contribution < -0.4 is 10.5 Å². The fourth-order valence-corrected chi connectivity index (χ4v) is 2.58. The molecule has 0 radical (unpaired) electrons. The fourth-order valence-electron chi connectivity index (χ4n) is 1.12. The molecule has 0 unspecified atom stereocenters. The van der Waals surface area contributed by atoms with Crippen molar-refractivity contribution in [3.63, 3.8) is 0 Å². The van der Waals surface area contributed by atoms with Crippen LogP contribution in [0.5, 0.6) is 0 Å². The summed E-state index contributed by atoms with van der Waals surface area (Å²) in [6.07, 6.45) is 1.33. The van der Waals surface area contributed by atoms with Crippen molar-refractivity contribution in [1.29, 1.82) is 0 Å². The number of rotatable bonds is 4. The second-order valence-corrected chi connectivity index (χ2v) is 5.16. The van der Waals surface area contributed by atoms with E-state index in [1.165, 1.54) is 10.9 Å². The van der Waals surface area contributed by atoms with Crippen molar-refractivity contribution < 1.29 is 8.42 Å². The van der Waals surface area contributed by atoms with Gasteiger partial charge < -0.3 is 5.73 Å². The van der Waals surface area contributed by atoms with E-state index in [1.807, 2.05) is 0 Å². The zero-order chi connectivity index (χ0) is 11.6. The van der Waals surface area contributed by atoms with Gasteiger partial charge in [0.05, 0.1) is 11.9 Å². The summed E-state index contributed by atoms with van der Waals surface area (Å²) in [4.78, 5) is 0.199. The van der Waals surface area contributed by atoms with Crippen molar-refractivity contribution in [3.8, 4) is 0 Å². The van der Waals surface area contributed by atoms with Crippen molar-refractivity contribution in [2.24, 2.45) is 12.8 Å². The van der Waals surface area contributed by atoms with Crippen molar-refractivity contribution in [3.05, 3.63) is 11.9 Å². The molecule has 1 aromatic rings. The first-order valence-corrected chi connectivity index (χ1v) is 6.07. The average molecular weight is 269 g/mol. The topological polar surface area (TPSA) is 90.0 Å². The molecule has 0 fully saturated rings. The summed E-state index contributed by atoms with van der Waals surface area (Å²) < 4.78 is 27.6. The zero-order valence-corrected chi connectivity index (χ0v) is 11.1. The van der Waals surface area contributed by atoms with E-state index in [9.17, 15) is 8.42 Å². The Hall–Kier alpha value is -0.630. The number of sulfonamides is 1. The van der Waals surface area contributed by atoms with Gasteiger partial charge in [-0.15, -0.1) is 12.4 Å². The maximum Gasteiger partial charge on any atom is 0.244 e. The van der Waals surface area contributed by atoms with Gasteiger partial charge in [-0.3, -0.25) is 4.68 Å². The lowest BCUT2D eigenvalue weighted by Gasteiger charge is -2.11. The standard InChI is InChI=1S/C8H16N4O2S.ClH/c1-6(4-9)11-15(13,14)8-5-10-12(3)7(8)2;/h5-6,11H,4,9H2,1-3H3;1H/t6-;/m1./s1. The van der Waals surface area contributed by atoms with Gasteiger partial charge in [0.1, 0.15) is 4.90 Å². The number of halogens is 1. The Morgan fingerprint density at radius 3 is 2.56 bits per heavy atom. The Balaban J connectivity index is 0.00000225. The van der Waals surface area contributed by atoms with E-state index in [1.54, 1.807) is 20.9 Å². The Morgan fingerprint density at radius 1 is 1.62 bits per heavy atom. The molecule has 0 aromatic carbocycles. The Kier molecular flexibility index (Phi) is 5.40. The third-order valence-corrected chi connectivity index (χ3v) is 3.88. The number of aryl methyl sites for hydroxylation is 1. The Bertz CT molecular complexity index is 443. The van der Waals surface area contributed by atoms with E-state index in [4.69, 9.17) is 5.73 Å². The second-order valence-electron chi connectivity index (χ2n) is 3.48. The number of aromatic nitrogens is 2. The van der Waals surface area contributed by atoms with E-state index < -0.39 is 10.0 Å². The molecule has 0 spiro atoms. The molecule has 1 atom stereocenters. The van der Waals surface area contributed by atoms with Crippen LogP contribution in [0.4, 0.5) is 0 Å². The maximum absolute atomic E-state index is 11.8. The van der Waals surface area contributed by atoms with Gasteiger partial charge in [0, 0.05) is 19.6 Å². The summed E-state index contributed by atoms with van der Waals surface area (Å²) in [7, 11) is -1.80. The SMILES string of the molecule is Cc1c(S(=O)(=O)N[C@H](C)CN)cnn1C.Cl. The summed E-state index contributed by atoms with van der Waals surface area (Å²) in [6, 6.07) is -0.283. The van der Waals surface area contributed by atoms with Gasteiger partial charge in [0.25, 0.3) is 0 Å². The molecular weight excluding hydrogens is 252 g/mol. The predicted molar refractivity (Wildman–Crippen MR) is 64.0 cm³/mol. The van der Waals surface area contributed by atoms with Crippen LogP contribution in [0.15, 0.2) is 11.1 Å². The van der Waals surface area contributed by atoms with Gasteiger partial charge in [-0.25, -0.2) is 13.1 Å². The molecule has 6 nitrogen and oxygen atoms in total. The third-order valence-electron chi connectivity index (χ3n) is 2.19. The summed E-state index contributed by atoms with van der Waals surface area (Å²) in [5.74, 6) is 0. The van der Waals surface area contributed by atoms with E-state index in [0.29, 0.717) is 5.69 Å². The first-order chi connectivity index (χ1) is 6.88. The number of hydrogen-bond donors (Lipinski definition) is 2. The van der Waals surface area contributed by atoms with Crippen LogP contribution in [0.25, 0.3) is 0 Å². The predicted octanol–water partition coefficient (Wildman–Crippen LogP) is -0.224. The largest absolute Gasteiger partial charge is 0.329 e. The van der Waals surface area contributed by atoms with Crippen LogP contribution in [0.2, 0.25) is 0 Å². The molecule has 1 rings (SSSR count). The summed E-state index contributed by atoms with van der Waals surface area (Å²) in [5.41, 5.74) is 5.96. The highest BCUT2D eigenvalue weighted by Gasteiger charge is 2.21. The van der Waals surface area contributed by atoms with Crippen LogP contribution in [0.3, 0.4) is 0 Å². The summed E-state index contributed by atoms with van der Waals surface area (Å²) >= 11 is 0. The molecule has 1 heterocycles. The van der Waals surface area contributed by atoms with Crippen molar-refractivity contribution in [2.45, 2.75) is 24.8 Å². The number of nitrogens with zero attached hydrogens (tertiary/aromatic N) is 2. The Morgan fingerprint density at radius 2 is 2.19 bits per heavy atom. The van der Waals surface area contributed by atoms with Gasteiger partial charge >= 0.3 is 0 Å². The number of nitrogens with one attached hydrogen (secondary N) is 1. The normalized spacial score (nSPS) is 13.2. The molecule has 0 aliphatic heterocycles. The zero-order valence-electron chi connectivity index (χ0n) is 9.47. The molecule has 0 bridgehead atoms. The third kappa shape index (κ3) is 3.18. The maximum atomic E-state index is 11.8. The van der Waals surface area contributed by atoms with Crippen LogP contribution in [0, 0.1) is 6.92 Å². The average Bonchev–Trinajstić information content (AvgIpc) is 2.47.